The van der Waals surface area contributed by atoms with Crippen molar-refractivity contribution in [2.24, 2.45) is 4.99 Å². The normalized spacial score (nSPS) is 14.4. The van der Waals surface area contributed by atoms with Gasteiger partial charge < -0.3 is 0 Å². The largest absolute Gasteiger partial charge is 0.417 e. The Morgan fingerprint density at radius 3 is 2.63 bits per heavy atom. The van der Waals surface area contributed by atoms with Crippen LogP contribution in [-0.4, -0.2) is 29.1 Å². The summed E-state index contributed by atoms with van der Waals surface area (Å²) in [4.78, 5) is 18.1. The van der Waals surface area contributed by atoms with Crippen molar-refractivity contribution in [3.8, 4) is 0 Å². The number of carbonyl (C=O) groups excluding carboxylic acids is 1. The number of amidine groups is 1. The summed E-state index contributed by atoms with van der Waals surface area (Å²) in [6, 6.07) is 8.89. The minimum absolute atomic E-state index is 0.106. The fourth-order valence-electron chi connectivity index (χ4n) is 2.61. The maximum absolute atomic E-state index is 13.9. The van der Waals surface area contributed by atoms with Crippen molar-refractivity contribution in [1.29, 1.82) is 0 Å². The van der Waals surface area contributed by atoms with Gasteiger partial charge in [-0.3, -0.25) is 14.7 Å². The van der Waals surface area contributed by atoms with Gasteiger partial charge in [-0.1, -0.05) is 41.6 Å². The molecule has 0 unspecified atom stereocenters. The average molecular weight is 417 g/mol. The van der Waals surface area contributed by atoms with Crippen molar-refractivity contribution in [2.75, 3.05) is 13.1 Å². The summed E-state index contributed by atoms with van der Waals surface area (Å²) in [5.41, 5.74) is -1.19. The van der Waals surface area contributed by atoms with Gasteiger partial charge in [0.05, 0.1) is 17.7 Å². The van der Waals surface area contributed by atoms with Gasteiger partial charge in [0.25, 0.3) is 5.91 Å². The molecule has 1 heterocycles. The number of thioether (sulfide) groups is 1. The van der Waals surface area contributed by atoms with E-state index in [2.05, 4.69) is 4.99 Å². The highest BCUT2D eigenvalue weighted by molar-refractivity contribution is 8.13. The first-order valence-corrected chi connectivity index (χ1v) is 9.23. The molecule has 1 aliphatic heterocycles. The van der Waals surface area contributed by atoms with Crippen molar-refractivity contribution < 1.29 is 22.4 Å². The Hall–Kier alpha value is -2.06. The van der Waals surface area contributed by atoms with Gasteiger partial charge in [-0.25, -0.2) is 4.39 Å². The van der Waals surface area contributed by atoms with E-state index in [1.807, 2.05) is 0 Å². The van der Waals surface area contributed by atoms with Crippen molar-refractivity contribution in [3.63, 3.8) is 0 Å². The molecule has 2 aromatic rings. The Bertz CT molecular complexity index is 881. The molecule has 0 N–H and O–H groups in total. The monoisotopic (exact) mass is 416 g/mol. The molecule has 3 nitrogen and oxygen atoms in total. The molecular formula is C18H13ClF4N2OS. The quantitative estimate of drug-likeness (QED) is 0.641. The van der Waals surface area contributed by atoms with Crippen LogP contribution in [0.3, 0.4) is 0 Å². The van der Waals surface area contributed by atoms with Crippen LogP contribution in [0.2, 0.25) is 5.02 Å². The molecule has 0 atom stereocenters. The van der Waals surface area contributed by atoms with Gasteiger partial charge in [-0.15, -0.1) is 0 Å². The first-order chi connectivity index (χ1) is 12.8. The summed E-state index contributed by atoms with van der Waals surface area (Å²) in [5, 5.41) is 0.484. The molecular weight excluding hydrogens is 404 g/mol. The van der Waals surface area contributed by atoms with Gasteiger partial charge in [-0.05, 0) is 24.3 Å². The molecule has 9 heteroatoms. The molecule has 2 aromatic carbocycles. The molecule has 0 aliphatic carbocycles. The van der Waals surface area contributed by atoms with Crippen LogP contribution in [0.15, 0.2) is 47.5 Å². The van der Waals surface area contributed by atoms with Crippen LogP contribution in [-0.2, 0) is 11.9 Å². The minimum atomic E-state index is -4.64. The molecule has 1 aliphatic rings. The van der Waals surface area contributed by atoms with Gasteiger partial charge in [0.1, 0.15) is 5.82 Å². The highest BCUT2D eigenvalue weighted by atomic mass is 35.5. The Kier molecular flexibility index (Phi) is 5.76. The van der Waals surface area contributed by atoms with Crippen molar-refractivity contribution in [1.82, 2.24) is 4.90 Å². The summed E-state index contributed by atoms with van der Waals surface area (Å²) in [5.74, 6) is -1.17. The molecule has 0 aromatic heterocycles. The van der Waals surface area contributed by atoms with E-state index in [4.69, 9.17) is 11.6 Å². The summed E-state index contributed by atoms with van der Waals surface area (Å²) in [7, 11) is 0. The fraction of sp³-hybridized carbons (Fsp3) is 0.222. The third kappa shape index (κ3) is 4.27. The lowest BCUT2D eigenvalue weighted by Gasteiger charge is -2.20. The van der Waals surface area contributed by atoms with E-state index in [-0.39, 0.29) is 34.6 Å². The molecule has 0 fully saturated rings. The number of halogens is 5. The molecule has 27 heavy (non-hydrogen) atoms. The van der Waals surface area contributed by atoms with E-state index >= 15 is 0 Å². The number of nitrogens with zero attached hydrogens (tertiary/aromatic N) is 2. The lowest BCUT2D eigenvalue weighted by molar-refractivity contribution is -0.138. The standard InChI is InChI=1S/C18H13ClF4N2OS/c19-14-6-3-7-15(20)12(14)10-27-17-24-8-9-25(17)16(26)11-4-1-2-5-13(11)18(21,22)23/h1-7H,8-10H2. The molecule has 0 saturated heterocycles. The van der Waals surface area contributed by atoms with Crippen molar-refractivity contribution in [2.45, 2.75) is 11.9 Å². The third-order valence-corrected chi connectivity index (χ3v) is 5.31. The number of hydrogen-bond acceptors (Lipinski definition) is 3. The maximum atomic E-state index is 13.9. The summed E-state index contributed by atoms with van der Waals surface area (Å²) in [6.07, 6.45) is -4.64. The lowest BCUT2D eigenvalue weighted by atomic mass is 10.1. The first-order valence-electron chi connectivity index (χ1n) is 7.87. The minimum Gasteiger partial charge on any atom is -0.286 e. The zero-order valence-electron chi connectivity index (χ0n) is 13.8. The van der Waals surface area contributed by atoms with Gasteiger partial charge >= 0.3 is 6.18 Å². The average Bonchev–Trinajstić information content (AvgIpc) is 3.08. The van der Waals surface area contributed by atoms with Crippen LogP contribution in [0, 0.1) is 5.82 Å². The molecule has 0 spiro atoms. The van der Waals surface area contributed by atoms with Crippen LogP contribution in [0.5, 0.6) is 0 Å². The van der Waals surface area contributed by atoms with Crippen molar-refractivity contribution in [3.05, 3.63) is 70.0 Å². The highest BCUT2D eigenvalue weighted by Gasteiger charge is 2.37. The fourth-order valence-corrected chi connectivity index (χ4v) is 4.00. The van der Waals surface area contributed by atoms with E-state index in [0.717, 1.165) is 23.9 Å². The van der Waals surface area contributed by atoms with Crippen LogP contribution in [0.1, 0.15) is 21.5 Å². The topological polar surface area (TPSA) is 32.7 Å². The Morgan fingerprint density at radius 2 is 1.93 bits per heavy atom. The zero-order valence-corrected chi connectivity index (χ0v) is 15.3. The molecule has 142 valence electrons. The number of aliphatic imine (C=N–C) groups is 1. The number of alkyl halides is 3. The molecule has 1 amide bonds. The highest BCUT2D eigenvalue weighted by Crippen LogP contribution is 2.33. The van der Waals surface area contributed by atoms with Crippen LogP contribution in [0.25, 0.3) is 0 Å². The van der Waals surface area contributed by atoms with Gasteiger partial charge in [0.2, 0.25) is 0 Å². The first kappa shape index (κ1) is 19.7. The number of hydrogen-bond donors (Lipinski definition) is 0. The zero-order chi connectivity index (χ0) is 19.6. The lowest BCUT2D eigenvalue weighted by Crippen LogP contribution is -2.34. The summed E-state index contributed by atoms with van der Waals surface area (Å²) >= 11 is 7.04. The number of carbonyl (C=O) groups is 1. The predicted octanol–water partition coefficient (Wildman–Crippen LogP) is 5.24. The molecule has 0 saturated carbocycles. The molecule has 3 rings (SSSR count). The van der Waals surface area contributed by atoms with E-state index < -0.39 is 29.0 Å². The van der Waals surface area contributed by atoms with Crippen LogP contribution in [0.4, 0.5) is 17.6 Å². The van der Waals surface area contributed by atoms with Gasteiger partial charge in [0, 0.05) is 22.9 Å². The predicted molar refractivity (Wildman–Crippen MR) is 97.5 cm³/mol. The number of benzene rings is 2. The van der Waals surface area contributed by atoms with E-state index in [0.29, 0.717) is 0 Å². The van der Waals surface area contributed by atoms with E-state index in [9.17, 15) is 22.4 Å². The third-order valence-electron chi connectivity index (χ3n) is 3.92. The number of rotatable bonds is 3. The van der Waals surface area contributed by atoms with E-state index in [1.54, 1.807) is 6.07 Å². The second kappa shape index (κ2) is 7.90. The SMILES string of the molecule is O=C(c1ccccc1C(F)(F)F)N1CCN=C1SCc1c(F)cccc1Cl. The molecule has 0 radical (unpaired) electrons. The number of amides is 1. The Labute approximate surface area is 162 Å². The maximum Gasteiger partial charge on any atom is 0.417 e. The smallest absolute Gasteiger partial charge is 0.286 e. The Balaban J connectivity index is 1.80. The van der Waals surface area contributed by atoms with Crippen LogP contribution < -0.4 is 0 Å². The van der Waals surface area contributed by atoms with E-state index in [1.165, 1.54) is 29.2 Å². The second-order valence-electron chi connectivity index (χ2n) is 5.65. The second-order valence-corrected chi connectivity index (χ2v) is 7.00. The molecule has 0 bridgehead atoms. The summed E-state index contributed by atoms with van der Waals surface area (Å²) in [6.45, 7) is 0.436. The van der Waals surface area contributed by atoms with Crippen molar-refractivity contribution >= 4 is 34.4 Å². The summed E-state index contributed by atoms with van der Waals surface area (Å²) < 4.78 is 53.5. The van der Waals surface area contributed by atoms with Gasteiger partial charge in [0.15, 0.2) is 5.17 Å². The van der Waals surface area contributed by atoms with Crippen LogP contribution >= 0.6 is 23.4 Å². The van der Waals surface area contributed by atoms with Gasteiger partial charge in [-0.2, -0.15) is 13.2 Å². The Morgan fingerprint density at radius 1 is 1.19 bits per heavy atom.